The summed E-state index contributed by atoms with van der Waals surface area (Å²) in [5.41, 5.74) is 4.52. The van der Waals surface area contributed by atoms with Crippen molar-refractivity contribution in [2.75, 3.05) is 13.2 Å². The van der Waals surface area contributed by atoms with E-state index in [9.17, 15) is 35.1 Å². The molecule has 0 radical (unpaired) electrons. The van der Waals surface area contributed by atoms with Crippen LogP contribution in [0.25, 0.3) is 0 Å². The first kappa shape index (κ1) is 22.0. The van der Waals surface area contributed by atoms with Crippen LogP contribution in [0.4, 0.5) is 0 Å². The highest BCUT2D eigenvalue weighted by atomic mass is 16.6. The number of ether oxygens (including phenoxy) is 2. The van der Waals surface area contributed by atoms with Gasteiger partial charge >= 0.3 is 5.97 Å². The molecule has 0 saturated carbocycles. The van der Waals surface area contributed by atoms with Crippen molar-refractivity contribution >= 4 is 11.9 Å². The number of esters is 1. The molecule has 156 valence electrons. The second-order valence-electron chi connectivity index (χ2n) is 6.51. The number of carbonyl (C=O) groups is 2. The highest BCUT2D eigenvalue weighted by molar-refractivity contribution is 5.84. The van der Waals surface area contributed by atoms with Gasteiger partial charge in [0.05, 0.1) is 0 Å². The zero-order valence-corrected chi connectivity index (χ0v) is 15.0. The van der Waals surface area contributed by atoms with Crippen molar-refractivity contribution in [3.8, 4) is 5.75 Å². The van der Waals surface area contributed by atoms with Gasteiger partial charge in [0.2, 0.25) is 0 Å². The second kappa shape index (κ2) is 9.78. The standard InChI is InChI=1S/C17H24N2O9/c18-10(5-8-1-3-9(20)4-2-8)16(25)19-6-12(21)27-7-11-13(22)14(23)15(24)17(26)28-11/h1-4,10-11,13-15,17,20,22-24,26H,5-7,18H2,(H,19,25)/p+1/t10-,11+,13+,14-,15+,17+/m0/s1. The molecular weight excluding hydrogens is 376 g/mol. The van der Waals surface area contributed by atoms with Gasteiger partial charge in [0.15, 0.2) is 12.3 Å². The third-order valence-electron chi connectivity index (χ3n) is 4.29. The van der Waals surface area contributed by atoms with E-state index < -0.39 is 61.8 Å². The largest absolute Gasteiger partial charge is 0.508 e. The third-order valence-corrected chi connectivity index (χ3v) is 4.29. The van der Waals surface area contributed by atoms with Crippen LogP contribution in [0, 0.1) is 0 Å². The number of benzene rings is 1. The molecule has 6 atom stereocenters. The third kappa shape index (κ3) is 5.86. The summed E-state index contributed by atoms with van der Waals surface area (Å²) in [6, 6.07) is 5.62. The molecule has 2 rings (SSSR count). The van der Waals surface area contributed by atoms with Crippen molar-refractivity contribution in [2.24, 2.45) is 0 Å². The van der Waals surface area contributed by atoms with E-state index in [2.05, 4.69) is 11.1 Å². The van der Waals surface area contributed by atoms with E-state index in [0.717, 1.165) is 5.56 Å². The topological polar surface area (TPSA) is 193 Å². The molecule has 1 aromatic rings. The maximum atomic E-state index is 12.0. The fraction of sp³-hybridized carbons (Fsp3) is 0.529. The normalized spacial score (nSPS) is 28.4. The zero-order chi connectivity index (χ0) is 20.8. The first-order chi connectivity index (χ1) is 13.2. The van der Waals surface area contributed by atoms with E-state index in [0.29, 0.717) is 6.42 Å². The number of aromatic hydroxyl groups is 1. The van der Waals surface area contributed by atoms with E-state index in [4.69, 9.17) is 9.47 Å². The quantitative estimate of drug-likeness (QED) is 0.223. The number of carbonyl (C=O) groups excluding carboxylic acids is 2. The van der Waals surface area contributed by atoms with Crippen molar-refractivity contribution in [1.82, 2.24) is 5.32 Å². The summed E-state index contributed by atoms with van der Waals surface area (Å²) in [4.78, 5) is 23.8. The Kier molecular flexibility index (Phi) is 7.69. The Bertz CT molecular complexity index is 669. The Morgan fingerprint density at radius 2 is 1.75 bits per heavy atom. The molecule has 1 amide bonds. The predicted octanol–water partition coefficient (Wildman–Crippen LogP) is -4.00. The Balaban J connectivity index is 1.72. The number of nitrogens with one attached hydrogen (secondary N) is 1. The van der Waals surface area contributed by atoms with Crippen molar-refractivity contribution in [1.29, 1.82) is 0 Å². The molecule has 0 unspecified atom stereocenters. The average molecular weight is 401 g/mol. The molecule has 1 aromatic carbocycles. The molecule has 0 aromatic heterocycles. The lowest BCUT2D eigenvalue weighted by molar-refractivity contribution is -0.403. The van der Waals surface area contributed by atoms with Gasteiger partial charge in [-0.25, -0.2) is 0 Å². The van der Waals surface area contributed by atoms with Gasteiger partial charge in [0.1, 0.15) is 43.3 Å². The van der Waals surface area contributed by atoms with E-state index in [1.807, 2.05) is 0 Å². The minimum Gasteiger partial charge on any atom is -0.508 e. The van der Waals surface area contributed by atoms with Gasteiger partial charge < -0.3 is 46.1 Å². The van der Waals surface area contributed by atoms with Crippen LogP contribution >= 0.6 is 0 Å². The van der Waals surface area contributed by atoms with Crippen LogP contribution in [0.15, 0.2) is 24.3 Å². The number of aliphatic hydroxyl groups excluding tert-OH is 4. The molecule has 28 heavy (non-hydrogen) atoms. The summed E-state index contributed by atoms with van der Waals surface area (Å²) < 4.78 is 9.73. The predicted molar refractivity (Wildman–Crippen MR) is 91.4 cm³/mol. The van der Waals surface area contributed by atoms with E-state index in [1.165, 1.54) is 12.1 Å². The van der Waals surface area contributed by atoms with E-state index in [-0.39, 0.29) is 5.75 Å². The molecule has 1 saturated heterocycles. The molecule has 1 fully saturated rings. The summed E-state index contributed by atoms with van der Waals surface area (Å²) in [7, 11) is 0. The molecule has 0 aliphatic carbocycles. The lowest BCUT2D eigenvalue weighted by atomic mass is 9.99. The van der Waals surface area contributed by atoms with Crippen molar-refractivity contribution in [2.45, 2.75) is 43.2 Å². The number of hydrogen-bond donors (Lipinski definition) is 7. The van der Waals surface area contributed by atoms with Crippen LogP contribution in [0.1, 0.15) is 5.56 Å². The first-order valence-corrected chi connectivity index (χ1v) is 8.61. The Morgan fingerprint density at radius 1 is 1.11 bits per heavy atom. The van der Waals surface area contributed by atoms with Gasteiger partial charge in [0, 0.05) is 6.42 Å². The van der Waals surface area contributed by atoms with Gasteiger partial charge in [0.25, 0.3) is 5.91 Å². The van der Waals surface area contributed by atoms with Gasteiger partial charge in [-0.3, -0.25) is 9.59 Å². The zero-order valence-electron chi connectivity index (χ0n) is 15.0. The number of aliphatic hydroxyl groups is 4. The fourth-order valence-electron chi connectivity index (χ4n) is 2.61. The Morgan fingerprint density at radius 3 is 2.39 bits per heavy atom. The second-order valence-corrected chi connectivity index (χ2v) is 6.51. The summed E-state index contributed by atoms with van der Waals surface area (Å²) in [6.45, 7) is -0.936. The highest BCUT2D eigenvalue weighted by Gasteiger charge is 2.43. The smallest absolute Gasteiger partial charge is 0.325 e. The molecule has 11 nitrogen and oxygen atoms in total. The Hall–Kier alpha value is -2.28. The van der Waals surface area contributed by atoms with Gasteiger partial charge in [-0.2, -0.15) is 0 Å². The summed E-state index contributed by atoms with van der Waals surface area (Å²) in [6.07, 6.45) is -7.55. The number of rotatable bonds is 7. The number of phenols is 1. The molecule has 1 aliphatic rings. The summed E-state index contributed by atoms with van der Waals surface area (Å²) >= 11 is 0. The monoisotopic (exact) mass is 401 g/mol. The Labute approximate surface area is 160 Å². The highest BCUT2D eigenvalue weighted by Crippen LogP contribution is 2.20. The number of quaternary nitrogens is 1. The van der Waals surface area contributed by atoms with E-state index in [1.54, 1.807) is 12.1 Å². The van der Waals surface area contributed by atoms with Crippen LogP contribution in [-0.2, 0) is 25.5 Å². The van der Waals surface area contributed by atoms with Crippen molar-refractivity contribution in [3.05, 3.63) is 29.8 Å². The number of hydrogen-bond acceptors (Lipinski definition) is 9. The molecule has 0 spiro atoms. The van der Waals surface area contributed by atoms with Gasteiger partial charge in [-0.15, -0.1) is 0 Å². The fourth-order valence-corrected chi connectivity index (χ4v) is 2.61. The minimum atomic E-state index is -1.73. The van der Waals surface area contributed by atoms with Crippen LogP contribution in [0.5, 0.6) is 5.75 Å². The minimum absolute atomic E-state index is 0.109. The van der Waals surface area contributed by atoms with Crippen LogP contribution in [0.3, 0.4) is 0 Å². The van der Waals surface area contributed by atoms with Gasteiger partial charge in [-0.05, 0) is 17.7 Å². The molecule has 0 bridgehead atoms. The van der Waals surface area contributed by atoms with E-state index >= 15 is 0 Å². The van der Waals surface area contributed by atoms with Crippen molar-refractivity contribution < 1.29 is 50.3 Å². The average Bonchev–Trinajstić information content (AvgIpc) is 2.67. The van der Waals surface area contributed by atoms with Crippen LogP contribution < -0.4 is 11.1 Å². The molecule has 1 heterocycles. The van der Waals surface area contributed by atoms with Crippen molar-refractivity contribution in [3.63, 3.8) is 0 Å². The van der Waals surface area contributed by atoms with Crippen LogP contribution in [0.2, 0.25) is 0 Å². The molecular formula is C17H25N2O9+. The molecule has 1 aliphatic heterocycles. The number of phenolic OH excluding ortho intramolecular Hbond substituents is 1. The first-order valence-electron chi connectivity index (χ1n) is 8.61. The van der Waals surface area contributed by atoms with Crippen LogP contribution in [-0.4, -0.2) is 87.3 Å². The maximum absolute atomic E-state index is 12.0. The lowest BCUT2D eigenvalue weighted by Gasteiger charge is -2.37. The lowest BCUT2D eigenvalue weighted by Crippen LogP contribution is -2.68. The summed E-state index contributed by atoms with van der Waals surface area (Å²) in [5.74, 6) is -1.19. The van der Waals surface area contributed by atoms with Gasteiger partial charge in [-0.1, -0.05) is 12.1 Å². The molecule has 11 heteroatoms. The SMILES string of the molecule is [NH3+][C@@H](Cc1ccc(O)cc1)C(=O)NCC(=O)OC[C@H]1O[C@@H](O)[C@H](O)[C@@H](O)[C@@H]1O. The summed E-state index contributed by atoms with van der Waals surface area (Å²) in [5, 5.41) is 49.7. The number of amides is 1. The molecule has 9 N–H and O–H groups in total. The maximum Gasteiger partial charge on any atom is 0.325 e.